The summed E-state index contributed by atoms with van der Waals surface area (Å²) in [6.07, 6.45) is 1.58. The number of aromatic nitrogens is 4. The lowest BCUT2D eigenvalue weighted by Gasteiger charge is -2.00. The van der Waals surface area contributed by atoms with Crippen LogP contribution in [0.3, 0.4) is 0 Å². The highest BCUT2D eigenvalue weighted by Gasteiger charge is 2.17. The molecule has 4 nitrogen and oxygen atoms in total. The maximum Gasteiger partial charge on any atom is 0.186 e. The van der Waals surface area contributed by atoms with Gasteiger partial charge in [0.25, 0.3) is 0 Å². The van der Waals surface area contributed by atoms with Gasteiger partial charge in [0.1, 0.15) is 11.0 Å². The molecule has 0 amide bonds. The van der Waals surface area contributed by atoms with Crippen molar-refractivity contribution in [3.63, 3.8) is 0 Å². The molecule has 0 aliphatic heterocycles. The van der Waals surface area contributed by atoms with E-state index in [0.29, 0.717) is 11.0 Å². The molecule has 0 aliphatic rings. The van der Waals surface area contributed by atoms with Crippen molar-refractivity contribution in [3.05, 3.63) is 52.5 Å². The minimum atomic E-state index is -0.464. The van der Waals surface area contributed by atoms with Crippen LogP contribution in [-0.2, 0) is 7.05 Å². The number of aryl methyl sites for hydroxylation is 1. The van der Waals surface area contributed by atoms with Gasteiger partial charge in [-0.05, 0) is 24.3 Å². The molecule has 0 saturated heterocycles. The van der Waals surface area contributed by atoms with Gasteiger partial charge in [0.2, 0.25) is 0 Å². The molecule has 0 atom stereocenters. The van der Waals surface area contributed by atoms with Crippen molar-refractivity contribution >= 4 is 23.2 Å². The highest BCUT2D eigenvalue weighted by atomic mass is 35.5. The Bertz CT molecular complexity index is 779. The van der Waals surface area contributed by atoms with Crippen molar-refractivity contribution in [3.8, 4) is 22.8 Å². The van der Waals surface area contributed by atoms with E-state index in [1.165, 1.54) is 12.1 Å². The van der Waals surface area contributed by atoms with Gasteiger partial charge >= 0.3 is 0 Å². The van der Waals surface area contributed by atoms with E-state index in [2.05, 4.69) is 15.1 Å². The zero-order chi connectivity index (χ0) is 15.0. The topological polar surface area (TPSA) is 43.6 Å². The molecule has 1 aromatic carbocycles. The van der Waals surface area contributed by atoms with Gasteiger partial charge < -0.3 is 0 Å². The highest BCUT2D eigenvalue weighted by Crippen LogP contribution is 2.29. The second-order valence-corrected chi connectivity index (χ2v) is 5.14. The Labute approximate surface area is 130 Å². The number of pyridine rings is 1. The van der Waals surface area contributed by atoms with Crippen LogP contribution in [0.1, 0.15) is 0 Å². The molecule has 0 spiro atoms. The third-order valence-corrected chi connectivity index (χ3v) is 3.47. The lowest BCUT2D eigenvalue weighted by Crippen LogP contribution is -1.95. The summed E-state index contributed by atoms with van der Waals surface area (Å²) in [4.78, 5) is 8.34. The number of rotatable bonds is 2. The Hall–Kier alpha value is -1.98. The van der Waals surface area contributed by atoms with Gasteiger partial charge in [-0.3, -0.25) is 0 Å². The van der Waals surface area contributed by atoms with Crippen LogP contribution in [0.4, 0.5) is 4.39 Å². The predicted molar refractivity (Wildman–Crippen MR) is 79.6 cm³/mol. The van der Waals surface area contributed by atoms with Gasteiger partial charge in [0.15, 0.2) is 11.6 Å². The van der Waals surface area contributed by atoms with Gasteiger partial charge in [-0.25, -0.2) is 19.0 Å². The molecule has 0 fully saturated rings. The zero-order valence-corrected chi connectivity index (χ0v) is 12.4. The summed E-state index contributed by atoms with van der Waals surface area (Å²) in [6, 6.07) is 7.88. The van der Waals surface area contributed by atoms with Gasteiger partial charge in [-0.15, -0.1) is 0 Å². The van der Waals surface area contributed by atoms with E-state index in [4.69, 9.17) is 23.2 Å². The SMILES string of the molecule is Cn1nc(-c2c(F)cccc2Cl)nc1-c1ccc(Cl)nc1. The molecule has 3 rings (SSSR count). The number of halogens is 3. The molecular weight excluding hydrogens is 314 g/mol. The molecule has 7 heteroatoms. The largest absolute Gasteiger partial charge is 0.248 e. The summed E-state index contributed by atoms with van der Waals surface area (Å²) in [5, 5.41) is 4.87. The van der Waals surface area contributed by atoms with E-state index in [9.17, 15) is 4.39 Å². The summed E-state index contributed by atoms with van der Waals surface area (Å²) in [7, 11) is 1.72. The van der Waals surface area contributed by atoms with Crippen LogP contribution in [0.25, 0.3) is 22.8 Å². The van der Waals surface area contributed by atoms with Gasteiger partial charge in [0, 0.05) is 18.8 Å². The van der Waals surface area contributed by atoms with E-state index < -0.39 is 5.82 Å². The Morgan fingerprint density at radius 3 is 2.62 bits per heavy atom. The Morgan fingerprint density at radius 2 is 1.95 bits per heavy atom. The summed E-state index contributed by atoms with van der Waals surface area (Å²) in [5.41, 5.74) is 0.913. The minimum absolute atomic E-state index is 0.183. The zero-order valence-electron chi connectivity index (χ0n) is 10.9. The smallest absolute Gasteiger partial charge is 0.186 e. The number of nitrogens with zero attached hydrogens (tertiary/aromatic N) is 4. The fraction of sp³-hybridized carbons (Fsp3) is 0.0714. The summed E-state index contributed by atoms with van der Waals surface area (Å²) >= 11 is 11.8. The van der Waals surface area contributed by atoms with Gasteiger partial charge in [-0.2, -0.15) is 5.10 Å². The van der Waals surface area contributed by atoms with Crippen LogP contribution < -0.4 is 0 Å². The fourth-order valence-electron chi connectivity index (χ4n) is 1.96. The highest BCUT2D eigenvalue weighted by molar-refractivity contribution is 6.33. The van der Waals surface area contributed by atoms with Crippen LogP contribution >= 0.6 is 23.2 Å². The number of benzene rings is 1. The monoisotopic (exact) mass is 322 g/mol. The first-order valence-electron chi connectivity index (χ1n) is 6.03. The fourth-order valence-corrected chi connectivity index (χ4v) is 2.32. The first-order chi connectivity index (χ1) is 10.1. The molecule has 106 valence electrons. The molecule has 3 aromatic rings. The maximum absolute atomic E-state index is 13.9. The molecule has 0 aliphatic carbocycles. The van der Waals surface area contributed by atoms with E-state index in [-0.39, 0.29) is 16.4 Å². The predicted octanol–water partition coefficient (Wildman–Crippen LogP) is 3.99. The minimum Gasteiger partial charge on any atom is -0.248 e. The van der Waals surface area contributed by atoms with Crippen molar-refractivity contribution < 1.29 is 4.39 Å². The number of hydrogen-bond acceptors (Lipinski definition) is 3. The van der Waals surface area contributed by atoms with Gasteiger partial charge in [0.05, 0.1) is 10.6 Å². The van der Waals surface area contributed by atoms with Crippen LogP contribution in [0.15, 0.2) is 36.5 Å². The van der Waals surface area contributed by atoms with Crippen LogP contribution in [0.2, 0.25) is 10.2 Å². The quantitative estimate of drug-likeness (QED) is 0.670. The van der Waals surface area contributed by atoms with E-state index in [1.807, 2.05) is 0 Å². The molecule has 0 bridgehead atoms. The molecule has 0 unspecified atom stereocenters. The van der Waals surface area contributed by atoms with E-state index >= 15 is 0 Å². The molecule has 0 radical (unpaired) electrons. The molecule has 2 aromatic heterocycles. The number of hydrogen-bond donors (Lipinski definition) is 0. The van der Waals surface area contributed by atoms with Crippen molar-refractivity contribution in [1.82, 2.24) is 19.7 Å². The molecule has 0 N–H and O–H groups in total. The van der Waals surface area contributed by atoms with E-state index in [0.717, 1.165) is 5.56 Å². The third kappa shape index (κ3) is 2.62. The first kappa shape index (κ1) is 14.0. The van der Waals surface area contributed by atoms with Crippen LogP contribution in [0.5, 0.6) is 0 Å². The Morgan fingerprint density at radius 1 is 1.14 bits per heavy atom. The van der Waals surface area contributed by atoms with Crippen molar-refractivity contribution in [2.75, 3.05) is 0 Å². The van der Waals surface area contributed by atoms with Crippen molar-refractivity contribution in [2.45, 2.75) is 0 Å². The average molecular weight is 323 g/mol. The third-order valence-electron chi connectivity index (χ3n) is 2.94. The Balaban J connectivity index is 2.12. The summed E-state index contributed by atoms with van der Waals surface area (Å²) in [5.74, 6) is 0.313. The lowest BCUT2D eigenvalue weighted by atomic mass is 10.2. The van der Waals surface area contributed by atoms with Gasteiger partial charge in [-0.1, -0.05) is 29.3 Å². The van der Waals surface area contributed by atoms with E-state index in [1.54, 1.807) is 36.1 Å². The second-order valence-electron chi connectivity index (χ2n) is 4.35. The molecule has 21 heavy (non-hydrogen) atoms. The molecule has 2 heterocycles. The summed E-state index contributed by atoms with van der Waals surface area (Å²) in [6.45, 7) is 0. The normalized spacial score (nSPS) is 10.9. The van der Waals surface area contributed by atoms with Crippen LogP contribution in [0, 0.1) is 5.82 Å². The van der Waals surface area contributed by atoms with Crippen LogP contribution in [-0.4, -0.2) is 19.7 Å². The van der Waals surface area contributed by atoms with Crippen molar-refractivity contribution in [1.29, 1.82) is 0 Å². The second kappa shape index (κ2) is 5.42. The first-order valence-corrected chi connectivity index (χ1v) is 6.79. The average Bonchev–Trinajstić information content (AvgIpc) is 2.81. The Kier molecular flexibility index (Phi) is 3.61. The lowest BCUT2D eigenvalue weighted by molar-refractivity contribution is 0.629. The molecular formula is C14H9Cl2FN4. The maximum atomic E-state index is 13.9. The summed E-state index contributed by atoms with van der Waals surface area (Å²) < 4.78 is 15.5. The molecule has 0 saturated carbocycles. The van der Waals surface area contributed by atoms with Crippen molar-refractivity contribution in [2.24, 2.45) is 7.05 Å². The standard InChI is InChI=1S/C14H9Cl2FN4/c1-21-14(8-5-6-11(16)18-7-8)19-13(20-21)12-9(15)3-2-4-10(12)17/h2-7H,1H3.